The maximum Gasteiger partial charge on any atom is 0.346 e. The summed E-state index contributed by atoms with van der Waals surface area (Å²) in [6, 6.07) is 8.40. The van der Waals surface area contributed by atoms with Gasteiger partial charge in [0.1, 0.15) is 6.33 Å². The Morgan fingerprint density at radius 2 is 2.14 bits per heavy atom. The lowest BCUT2D eigenvalue weighted by Gasteiger charge is -2.01. The molecule has 0 saturated heterocycles. The lowest BCUT2D eigenvalue weighted by molar-refractivity contribution is 0.604. The summed E-state index contributed by atoms with van der Waals surface area (Å²) in [5.41, 5.74) is 7.67. The number of benzene rings is 1. The molecule has 1 aromatic carbocycles. The molecule has 0 aliphatic carbocycles. The molecule has 0 bridgehead atoms. The van der Waals surface area contributed by atoms with Gasteiger partial charge in [0.2, 0.25) is 0 Å². The van der Waals surface area contributed by atoms with Crippen molar-refractivity contribution in [3.63, 3.8) is 0 Å². The van der Waals surface area contributed by atoms with Gasteiger partial charge in [-0.15, -0.1) is 11.3 Å². The van der Waals surface area contributed by atoms with Crippen molar-refractivity contribution in [1.29, 1.82) is 0 Å². The summed E-state index contributed by atoms with van der Waals surface area (Å²) in [5, 5.41) is 9.52. The highest BCUT2D eigenvalue weighted by Gasteiger charge is 2.10. The molecule has 9 heteroatoms. The van der Waals surface area contributed by atoms with Gasteiger partial charge in [0.25, 0.3) is 0 Å². The zero-order valence-electron chi connectivity index (χ0n) is 16.0. The fourth-order valence-corrected chi connectivity index (χ4v) is 4.18. The number of nitrogens with zero attached hydrogens (tertiary/aromatic N) is 5. The van der Waals surface area contributed by atoms with Crippen LogP contribution in [0.15, 0.2) is 59.7 Å². The van der Waals surface area contributed by atoms with E-state index in [1.54, 1.807) is 11.3 Å². The molecule has 150 valence electrons. The summed E-state index contributed by atoms with van der Waals surface area (Å²) in [7, 11) is 0. The fraction of sp³-hybridized carbons (Fsp3) is 0.250. The first-order chi connectivity index (χ1) is 14.1. The molecular weight excluding hydrogens is 391 g/mol. The minimum absolute atomic E-state index is 0.0472. The van der Waals surface area contributed by atoms with E-state index >= 15 is 0 Å². The zero-order chi connectivity index (χ0) is 20.4. The van der Waals surface area contributed by atoms with Gasteiger partial charge in [-0.3, -0.25) is 9.25 Å². The molecular formula is C20H21FN6OS. The number of hydrogen-bond acceptors (Lipinski definition) is 5. The topological polar surface area (TPSA) is 83.7 Å². The van der Waals surface area contributed by atoms with Crippen LogP contribution in [0.2, 0.25) is 0 Å². The molecule has 2 N–H and O–H groups in total. The number of halogens is 1. The number of thiophene rings is 1. The van der Waals surface area contributed by atoms with Crippen molar-refractivity contribution in [2.24, 2.45) is 5.73 Å². The summed E-state index contributed by atoms with van der Waals surface area (Å²) in [6.45, 7) is 3.41. The van der Waals surface area contributed by atoms with E-state index in [2.05, 4.69) is 41.4 Å². The average molecular weight is 412 g/mol. The molecule has 4 aromatic rings. The highest BCUT2D eigenvalue weighted by molar-refractivity contribution is 7.19. The Kier molecular flexibility index (Phi) is 5.41. The van der Waals surface area contributed by atoms with Crippen LogP contribution in [-0.4, -0.2) is 30.7 Å². The SMILES string of the molecule is CCn1cc(-c2ccc3sc(Cn4cnn(C/C(=C/F)CN)c4=O)cc3c2)cn1. The van der Waals surface area contributed by atoms with Crippen molar-refractivity contribution in [3.05, 3.63) is 70.3 Å². The second kappa shape index (κ2) is 8.14. The third-order valence-corrected chi connectivity index (χ3v) is 5.85. The maximum atomic E-state index is 12.7. The number of rotatable bonds is 7. The predicted octanol–water partition coefficient (Wildman–Crippen LogP) is 3.00. The van der Waals surface area contributed by atoms with E-state index in [-0.39, 0.29) is 18.8 Å². The van der Waals surface area contributed by atoms with E-state index in [4.69, 9.17) is 5.73 Å². The predicted molar refractivity (Wildman–Crippen MR) is 113 cm³/mol. The molecule has 0 atom stereocenters. The Morgan fingerprint density at radius 1 is 1.28 bits per heavy atom. The van der Waals surface area contributed by atoms with E-state index in [0.717, 1.165) is 32.6 Å². The molecule has 0 spiro atoms. The summed E-state index contributed by atoms with van der Waals surface area (Å²) in [6.07, 6.45) is 5.81. The Morgan fingerprint density at radius 3 is 2.86 bits per heavy atom. The van der Waals surface area contributed by atoms with E-state index in [1.165, 1.54) is 15.6 Å². The van der Waals surface area contributed by atoms with Crippen molar-refractivity contribution in [2.75, 3.05) is 6.54 Å². The quantitative estimate of drug-likeness (QED) is 0.506. The van der Waals surface area contributed by atoms with E-state index in [9.17, 15) is 9.18 Å². The highest BCUT2D eigenvalue weighted by Crippen LogP contribution is 2.30. The zero-order valence-corrected chi connectivity index (χ0v) is 16.8. The molecule has 0 unspecified atom stereocenters. The van der Waals surface area contributed by atoms with Crippen molar-refractivity contribution in [3.8, 4) is 11.1 Å². The van der Waals surface area contributed by atoms with Crippen LogP contribution < -0.4 is 11.4 Å². The van der Waals surface area contributed by atoms with E-state index in [0.29, 0.717) is 18.4 Å². The van der Waals surface area contributed by atoms with E-state index < -0.39 is 0 Å². The van der Waals surface area contributed by atoms with Gasteiger partial charge in [-0.05, 0) is 41.6 Å². The maximum absolute atomic E-state index is 12.7. The van der Waals surface area contributed by atoms with Gasteiger partial charge in [0.05, 0.1) is 25.6 Å². The third-order valence-electron chi connectivity index (χ3n) is 4.75. The number of fused-ring (bicyclic) bond motifs is 1. The molecule has 0 amide bonds. The molecule has 3 heterocycles. The van der Waals surface area contributed by atoms with Gasteiger partial charge in [-0.2, -0.15) is 10.2 Å². The average Bonchev–Trinajstić information content (AvgIpc) is 3.45. The molecule has 0 fully saturated rings. The molecule has 7 nitrogen and oxygen atoms in total. The normalized spacial score (nSPS) is 12.2. The van der Waals surface area contributed by atoms with Crippen LogP contribution in [0.3, 0.4) is 0 Å². The summed E-state index contributed by atoms with van der Waals surface area (Å²) in [4.78, 5) is 13.5. The number of hydrogen-bond donors (Lipinski definition) is 1. The molecule has 0 saturated carbocycles. The van der Waals surface area contributed by atoms with Gasteiger partial charge < -0.3 is 5.73 Å². The summed E-state index contributed by atoms with van der Waals surface area (Å²) >= 11 is 1.64. The molecule has 0 radical (unpaired) electrons. The van der Waals surface area contributed by atoms with Gasteiger partial charge in [-0.1, -0.05) is 6.07 Å². The first-order valence-electron chi connectivity index (χ1n) is 9.27. The molecule has 3 aromatic heterocycles. The largest absolute Gasteiger partial charge is 0.346 e. The van der Waals surface area contributed by atoms with Crippen molar-refractivity contribution in [1.82, 2.24) is 24.1 Å². The third kappa shape index (κ3) is 3.92. The lowest BCUT2D eigenvalue weighted by atomic mass is 10.1. The van der Waals surface area contributed by atoms with Crippen LogP contribution in [0.4, 0.5) is 4.39 Å². The first-order valence-corrected chi connectivity index (χ1v) is 10.1. The Labute approximate surface area is 170 Å². The number of aryl methyl sites for hydroxylation is 1. The van der Waals surface area contributed by atoms with E-state index in [1.807, 2.05) is 17.1 Å². The Bertz CT molecular complexity index is 1230. The smallest absolute Gasteiger partial charge is 0.327 e. The van der Waals surface area contributed by atoms with Crippen LogP contribution in [0.1, 0.15) is 11.8 Å². The standard InChI is InChI=1S/C20H21FN6OS/c1-2-26-11-17(9-23-26)15-3-4-19-16(5-15)6-18(29-19)12-25-13-24-27(20(25)28)10-14(7-21)8-22/h3-7,9,11,13H,2,8,10,12,22H2,1H3/b14-7+. The molecule has 4 rings (SSSR count). The highest BCUT2D eigenvalue weighted by atomic mass is 32.1. The van der Waals surface area contributed by atoms with Crippen LogP contribution in [0.5, 0.6) is 0 Å². The molecule has 29 heavy (non-hydrogen) atoms. The van der Waals surface area contributed by atoms with Crippen molar-refractivity contribution < 1.29 is 4.39 Å². The first kappa shape index (κ1) is 19.3. The second-order valence-electron chi connectivity index (χ2n) is 6.72. The van der Waals surface area contributed by atoms with Gasteiger partial charge >= 0.3 is 5.69 Å². The van der Waals surface area contributed by atoms with Crippen LogP contribution in [0.25, 0.3) is 21.2 Å². The monoisotopic (exact) mass is 412 g/mol. The second-order valence-corrected chi connectivity index (χ2v) is 7.89. The number of aromatic nitrogens is 5. The molecule has 0 aliphatic heterocycles. The molecule has 0 aliphatic rings. The Hall–Kier alpha value is -3.04. The van der Waals surface area contributed by atoms with Crippen LogP contribution in [0, 0.1) is 0 Å². The minimum Gasteiger partial charge on any atom is -0.327 e. The lowest BCUT2D eigenvalue weighted by Crippen LogP contribution is -2.26. The van der Waals surface area contributed by atoms with Crippen LogP contribution in [-0.2, 0) is 19.6 Å². The van der Waals surface area contributed by atoms with Gasteiger partial charge in [0.15, 0.2) is 0 Å². The number of nitrogens with two attached hydrogens (primary N) is 1. The van der Waals surface area contributed by atoms with Crippen molar-refractivity contribution >= 4 is 21.4 Å². The van der Waals surface area contributed by atoms with Crippen LogP contribution >= 0.6 is 11.3 Å². The summed E-state index contributed by atoms with van der Waals surface area (Å²) in [5.74, 6) is 0. The fourth-order valence-electron chi connectivity index (χ4n) is 3.13. The van der Waals surface area contributed by atoms with Gasteiger partial charge in [0, 0.05) is 34.4 Å². The van der Waals surface area contributed by atoms with Gasteiger partial charge in [-0.25, -0.2) is 13.9 Å². The Balaban J connectivity index is 1.58. The summed E-state index contributed by atoms with van der Waals surface area (Å²) < 4.78 is 18.5. The minimum atomic E-state index is -0.289. The van der Waals surface area contributed by atoms with Crippen molar-refractivity contribution in [2.45, 2.75) is 26.6 Å².